The molecular formula is C24H28N2. The van der Waals surface area contributed by atoms with Crippen LogP contribution in [0.4, 0.5) is 0 Å². The molecule has 2 nitrogen and oxygen atoms in total. The third-order valence-electron chi connectivity index (χ3n) is 4.86. The third kappa shape index (κ3) is 4.95. The molecule has 0 spiro atoms. The van der Waals surface area contributed by atoms with Gasteiger partial charge in [0.15, 0.2) is 0 Å². The molecule has 1 aliphatic carbocycles. The Labute approximate surface area is 157 Å². The highest BCUT2D eigenvalue weighted by Crippen LogP contribution is 2.24. The van der Waals surface area contributed by atoms with Gasteiger partial charge in [0.1, 0.15) is 0 Å². The fourth-order valence-corrected chi connectivity index (χ4v) is 3.14. The number of aliphatic imine (C=N–C) groups is 1. The van der Waals surface area contributed by atoms with Gasteiger partial charge in [-0.1, -0.05) is 80.6 Å². The smallest absolute Gasteiger partial charge is 0.0985 e. The number of hydrogen-bond donors (Lipinski definition) is 1. The number of rotatable bonds is 6. The van der Waals surface area contributed by atoms with Gasteiger partial charge in [-0.25, -0.2) is 0 Å². The second-order valence-corrected chi connectivity index (χ2v) is 7.09. The van der Waals surface area contributed by atoms with Gasteiger partial charge in [0, 0.05) is 6.42 Å². The minimum absolute atomic E-state index is 0.635. The van der Waals surface area contributed by atoms with Gasteiger partial charge in [-0.3, -0.25) is 4.99 Å². The topological polar surface area (TPSA) is 38.4 Å². The van der Waals surface area contributed by atoms with Gasteiger partial charge in [-0.05, 0) is 46.6 Å². The molecular weight excluding hydrogens is 316 g/mol. The molecule has 3 rings (SSSR count). The molecule has 0 aromatic heterocycles. The Kier molecular flexibility index (Phi) is 6.06. The molecule has 2 aromatic rings. The van der Waals surface area contributed by atoms with Crippen molar-refractivity contribution in [1.82, 2.24) is 0 Å². The Morgan fingerprint density at radius 2 is 1.85 bits per heavy atom. The minimum atomic E-state index is 0.635. The van der Waals surface area contributed by atoms with E-state index in [1.165, 1.54) is 27.8 Å². The average Bonchev–Trinajstić information content (AvgIpc) is 2.67. The summed E-state index contributed by atoms with van der Waals surface area (Å²) < 4.78 is 0. The van der Waals surface area contributed by atoms with Crippen LogP contribution in [0.3, 0.4) is 0 Å². The van der Waals surface area contributed by atoms with E-state index in [1.54, 1.807) is 0 Å². The van der Waals surface area contributed by atoms with Crippen LogP contribution in [-0.4, -0.2) is 5.84 Å². The summed E-state index contributed by atoms with van der Waals surface area (Å²) in [5.41, 5.74) is 12.5. The summed E-state index contributed by atoms with van der Waals surface area (Å²) in [6.07, 6.45) is 9.69. The number of benzene rings is 2. The van der Waals surface area contributed by atoms with Crippen LogP contribution in [0.25, 0.3) is 5.57 Å². The van der Waals surface area contributed by atoms with Crippen molar-refractivity contribution in [1.29, 1.82) is 0 Å². The van der Waals surface area contributed by atoms with E-state index in [0.717, 1.165) is 12.8 Å². The predicted octanol–water partition coefficient (Wildman–Crippen LogP) is 5.33. The van der Waals surface area contributed by atoms with Crippen molar-refractivity contribution in [2.24, 2.45) is 16.6 Å². The zero-order valence-corrected chi connectivity index (χ0v) is 15.8. The van der Waals surface area contributed by atoms with Crippen LogP contribution in [0, 0.1) is 5.92 Å². The Morgan fingerprint density at radius 3 is 2.54 bits per heavy atom. The number of aryl methyl sites for hydroxylation is 1. The minimum Gasteiger partial charge on any atom is -0.387 e. The van der Waals surface area contributed by atoms with E-state index in [-0.39, 0.29) is 0 Å². The summed E-state index contributed by atoms with van der Waals surface area (Å²) in [5, 5.41) is 0. The van der Waals surface area contributed by atoms with Crippen LogP contribution in [0.2, 0.25) is 0 Å². The van der Waals surface area contributed by atoms with E-state index >= 15 is 0 Å². The highest BCUT2D eigenvalue weighted by molar-refractivity contribution is 5.83. The fourth-order valence-electron chi connectivity index (χ4n) is 3.14. The fraction of sp³-hybridized carbons (Fsp3) is 0.292. The normalized spacial score (nSPS) is 17.2. The van der Waals surface area contributed by atoms with Crippen molar-refractivity contribution >= 4 is 11.4 Å². The molecule has 0 aliphatic heterocycles. The SMILES string of the molecule is CCc1ccc(CN=C(N)Cc2cccc(C3=CCC(C)C=C3)c2)cc1. The van der Waals surface area contributed by atoms with E-state index in [4.69, 9.17) is 5.73 Å². The predicted molar refractivity (Wildman–Crippen MR) is 112 cm³/mol. The number of nitrogens with two attached hydrogens (primary N) is 1. The molecule has 1 atom stereocenters. The van der Waals surface area contributed by atoms with Crippen molar-refractivity contribution in [3.8, 4) is 0 Å². The van der Waals surface area contributed by atoms with Crippen molar-refractivity contribution < 1.29 is 0 Å². The lowest BCUT2D eigenvalue weighted by molar-refractivity contribution is 0.739. The van der Waals surface area contributed by atoms with Gasteiger partial charge in [-0.2, -0.15) is 0 Å². The maximum atomic E-state index is 6.18. The van der Waals surface area contributed by atoms with E-state index in [9.17, 15) is 0 Å². The van der Waals surface area contributed by atoms with Crippen molar-refractivity contribution in [2.75, 3.05) is 0 Å². The van der Waals surface area contributed by atoms with Crippen LogP contribution in [0.5, 0.6) is 0 Å². The molecule has 2 N–H and O–H groups in total. The third-order valence-corrected chi connectivity index (χ3v) is 4.86. The van der Waals surface area contributed by atoms with Crippen LogP contribution >= 0.6 is 0 Å². The number of nitrogens with zero attached hydrogens (tertiary/aromatic N) is 1. The first-order chi connectivity index (χ1) is 12.6. The van der Waals surface area contributed by atoms with Gasteiger partial charge in [-0.15, -0.1) is 0 Å². The Balaban J connectivity index is 1.64. The molecule has 2 aromatic carbocycles. The van der Waals surface area contributed by atoms with Crippen LogP contribution in [-0.2, 0) is 19.4 Å². The van der Waals surface area contributed by atoms with E-state index in [2.05, 4.69) is 85.6 Å². The van der Waals surface area contributed by atoms with E-state index < -0.39 is 0 Å². The number of amidine groups is 1. The second-order valence-electron chi connectivity index (χ2n) is 7.09. The van der Waals surface area contributed by atoms with Gasteiger partial charge >= 0.3 is 0 Å². The second kappa shape index (κ2) is 8.66. The van der Waals surface area contributed by atoms with Gasteiger partial charge in [0.05, 0.1) is 12.4 Å². The lowest BCUT2D eigenvalue weighted by atomic mass is 9.93. The quantitative estimate of drug-likeness (QED) is 0.558. The van der Waals surface area contributed by atoms with Crippen molar-refractivity contribution in [3.63, 3.8) is 0 Å². The zero-order chi connectivity index (χ0) is 18.4. The van der Waals surface area contributed by atoms with Crippen LogP contribution in [0.15, 0.2) is 71.8 Å². The molecule has 0 saturated carbocycles. The summed E-state index contributed by atoms with van der Waals surface area (Å²) >= 11 is 0. The molecule has 1 unspecified atom stereocenters. The maximum Gasteiger partial charge on any atom is 0.0985 e. The molecule has 0 saturated heterocycles. The molecule has 134 valence electrons. The molecule has 1 aliphatic rings. The van der Waals surface area contributed by atoms with Crippen molar-refractivity contribution in [3.05, 3.63) is 89.0 Å². The van der Waals surface area contributed by atoms with Crippen LogP contribution < -0.4 is 5.73 Å². The highest BCUT2D eigenvalue weighted by Gasteiger charge is 2.07. The maximum absolute atomic E-state index is 6.18. The molecule has 0 bridgehead atoms. The monoisotopic (exact) mass is 344 g/mol. The summed E-state index contributed by atoms with van der Waals surface area (Å²) in [5.74, 6) is 1.32. The lowest BCUT2D eigenvalue weighted by Gasteiger charge is -2.13. The lowest BCUT2D eigenvalue weighted by Crippen LogP contribution is -2.15. The average molecular weight is 345 g/mol. The Bertz CT molecular complexity index is 826. The van der Waals surface area contributed by atoms with E-state index in [1.807, 2.05) is 0 Å². The first-order valence-corrected chi connectivity index (χ1v) is 9.48. The summed E-state index contributed by atoms with van der Waals surface area (Å²) in [4.78, 5) is 4.56. The highest BCUT2D eigenvalue weighted by atomic mass is 14.8. The summed E-state index contributed by atoms with van der Waals surface area (Å²) in [6, 6.07) is 17.2. The van der Waals surface area contributed by atoms with Crippen molar-refractivity contribution in [2.45, 2.75) is 39.7 Å². The molecule has 0 heterocycles. The van der Waals surface area contributed by atoms with Gasteiger partial charge in [0.2, 0.25) is 0 Å². The standard InChI is InChI=1S/C24H28N2/c1-3-19-9-11-20(12-10-19)17-26-24(25)16-21-5-4-6-23(15-21)22-13-7-18(2)8-14-22/h4-7,9-15,18H,3,8,16-17H2,1-2H3,(H2,25,26). The largest absolute Gasteiger partial charge is 0.387 e. The Morgan fingerprint density at radius 1 is 1.08 bits per heavy atom. The summed E-state index contributed by atoms with van der Waals surface area (Å²) in [6.45, 7) is 5.05. The molecule has 2 heteroatoms. The molecule has 0 amide bonds. The van der Waals surface area contributed by atoms with Gasteiger partial charge < -0.3 is 5.73 Å². The van der Waals surface area contributed by atoms with Gasteiger partial charge in [0.25, 0.3) is 0 Å². The van der Waals surface area contributed by atoms with E-state index in [0.29, 0.717) is 24.7 Å². The van der Waals surface area contributed by atoms with Crippen LogP contribution in [0.1, 0.15) is 42.5 Å². The molecule has 0 radical (unpaired) electrons. The first kappa shape index (κ1) is 18.2. The number of allylic oxidation sites excluding steroid dienone is 4. The zero-order valence-electron chi connectivity index (χ0n) is 15.8. The molecule has 0 fully saturated rings. The number of hydrogen-bond acceptors (Lipinski definition) is 1. The Hall–Kier alpha value is -2.61. The molecule has 26 heavy (non-hydrogen) atoms. The summed E-state index contributed by atoms with van der Waals surface area (Å²) in [7, 11) is 0. The first-order valence-electron chi connectivity index (χ1n) is 9.48.